The molecule has 1 unspecified atom stereocenters. The maximum Gasteiger partial charge on any atom is 0.228 e. The van der Waals surface area contributed by atoms with Crippen LogP contribution >= 0.6 is 23.2 Å². The zero-order valence-electron chi connectivity index (χ0n) is 20.6. The highest BCUT2D eigenvalue weighted by Gasteiger charge is 2.23. The summed E-state index contributed by atoms with van der Waals surface area (Å²) < 4.78 is 25.6. The molecule has 8 nitrogen and oxygen atoms in total. The Hall–Kier alpha value is -2.88. The number of hydrogen-bond acceptors (Lipinski definition) is 8. The topological polar surface area (TPSA) is 89.6 Å². The molecule has 1 aliphatic rings. The first kappa shape index (κ1) is 26.2. The van der Waals surface area contributed by atoms with Gasteiger partial charge in [0, 0.05) is 60.8 Å². The van der Waals surface area contributed by atoms with Gasteiger partial charge in [-0.2, -0.15) is 4.98 Å². The zero-order valence-corrected chi connectivity index (χ0v) is 22.1. The molecule has 1 fully saturated rings. The molecule has 0 spiro atoms. The molecule has 0 amide bonds. The number of nitrogen functional groups attached to an aromatic ring is 1. The van der Waals surface area contributed by atoms with Gasteiger partial charge in [-0.1, -0.05) is 23.2 Å². The van der Waals surface area contributed by atoms with E-state index in [0.717, 1.165) is 26.2 Å². The first-order valence-corrected chi connectivity index (χ1v) is 12.4. The largest absolute Gasteiger partial charge is 0.482 e. The molecule has 0 saturated carbocycles. The number of rotatable bonds is 7. The Kier molecular flexibility index (Phi) is 8.02. The minimum atomic E-state index is -0.690. The number of halogens is 3. The maximum atomic E-state index is 14.0. The Bertz CT molecular complexity index is 1240. The first-order valence-electron chi connectivity index (χ1n) is 11.7. The standard InChI is InChI=1S/C25H29Cl2FN6O2/c1-14(2)33-7-9-34(10-8-33)25-31-13-17(24(32-25)35-4)16-11-20(23(29)30-12-16)36-15(3)21-18(26)5-6-19(28)22(21)27/h5-6,11-15H,7-10H2,1-4H3,(H2,29,30). The van der Waals surface area contributed by atoms with Crippen molar-refractivity contribution < 1.29 is 13.9 Å². The minimum absolute atomic E-state index is 0.0995. The fraction of sp³-hybridized carbons (Fsp3) is 0.400. The normalized spacial score (nSPS) is 15.3. The molecule has 3 heterocycles. The van der Waals surface area contributed by atoms with Crippen molar-refractivity contribution in [3.63, 3.8) is 0 Å². The number of nitrogens with two attached hydrogens (primary N) is 1. The van der Waals surface area contributed by atoms with Crippen molar-refractivity contribution in [2.75, 3.05) is 43.9 Å². The van der Waals surface area contributed by atoms with E-state index in [9.17, 15) is 4.39 Å². The molecular formula is C25H29Cl2FN6O2. The lowest BCUT2D eigenvalue weighted by Crippen LogP contribution is -2.49. The number of benzene rings is 1. The van der Waals surface area contributed by atoms with Gasteiger partial charge in [-0.3, -0.25) is 4.90 Å². The van der Waals surface area contributed by atoms with Crippen LogP contribution in [0.3, 0.4) is 0 Å². The zero-order chi connectivity index (χ0) is 26.0. The van der Waals surface area contributed by atoms with Gasteiger partial charge in [0.1, 0.15) is 11.9 Å². The number of methoxy groups -OCH3 is 1. The predicted octanol–water partition coefficient (Wildman–Crippen LogP) is 5.25. The minimum Gasteiger partial charge on any atom is -0.482 e. The quantitative estimate of drug-likeness (QED) is 0.411. The monoisotopic (exact) mass is 534 g/mol. The summed E-state index contributed by atoms with van der Waals surface area (Å²) in [4.78, 5) is 18.1. The number of hydrogen-bond donors (Lipinski definition) is 1. The lowest BCUT2D eigenvalue weighted by Gasteiger charge is -2.36. The Morgan fingerprint density at radius 2 is 1.78 bits per heavy atom. The second-order valence-electron chi connectivity index (χ2n) is 8.83. The van der Waals surface area contributed by atoms with Crippen molar-refractivity contribution >= 4 is 35.0 Å². The summed E-state index contributed by atoms with van der Waals surface area (Å²) >= 11 is 12.4. The summed E-state index contributed by atoms with van der Waals surface area (Å²) in [6.45, 7) is 9.68. The molecule has 4 rings (SSSR count). The predicted molar refractivity (Wildman–Crippen MR) is 141 cm³/mol. The van der Waals surface area contributed by atoms with Crippen LogP contribution < -0.4 is 20.1 Å². The van der Waals surface area contributed by atoms with Gasteiger partial charge < -0.3 is 20.1 Å². The molecule has 1 aromatic carbocycles. The lowest BCUT2D eigenvalue weighted by atomic mass is 10.1. The second kappa shape index (κ2) is 11.0. The fourth-order valence-electron chi connectivity index (χ4n) is 4.16. The second-order valence-corrected chi connectivity index (χ2v) is 9.62. The van der Waals surface area contributed by atoms with Crippen LogP contribution in [-0.4, -0.2) is 59.2 Å². The molecule has 36 heavy (non-hydrogen) atoms. The van der Waals surface area contributed by atoms with Gasteiger partial charge >= 0.3 is 0 Å². The van der Waals surface area contributed by atoms with Crippen LogP contribution in [0.25, 0.3) is 11.1 Å². The van der Waals surface area contributed by atoms with Crippen LogP contribution in [-0.2, 0) is 0 Å². The van der Waals surface area contributed by atoms with Crippen LogP contribution in [0.4, 0.5) is 16.2 Å². The average Bonchev–Trinajstić information content (AvgIpc) is 2.87. The van der Waals surface area contributed by atoms with Crippen molar-refractivity contribution in [2.24, 2.45) is 0 Å². The molecule has 3 aromatic rings. The van der Waals surface area contributed by atoms with E-state index in [1.807, 2.05) is 0 Å². The summed E-state index contributed by atoms with van der Waals surface area (Å²) in [5.74, 6) is 0.885. The Morgan fingerprint density at radius 3 is 2.44 bits per heavy atom. The van der Waals surface area contributed by atoms with Gasteiger partial charge in [0.25, 0.3) is 0 Å². The third kappa shape index (κ3) is 5.43. The van der Waals surface area contributed by atoms with Crippen LogP contribution in [0.15, 0.2) is 30.6 Å². The third-order valence-corrected chi connectivity index (χ3v) is 6.96. The fourth-order valence-corrected chi connectivity index (χ4v) is 4.84. The van der Waals surface area contributed by atoms with E-state index in [1.54, 1.807) is 32.5 Å². The van der Waals surface area contributed by atoms with Crippen LogP contribution in [0.2, 0.25) is 10.0 Å². The molecule has 1 atom stereocenters. The molecule has 0 bridgehead atoms. The third-order valence-electron chi connectivity index (χ3n) is 6.24. The summed E-state index contributed by atoms with van der Waals surface area (Å²) in [6.07, 6.45) is 2.61. The highest BCUT2D eigenvalue weighted by Crippen LogP contribution is 2.38. The van der Waals surface area contributed by atoms with Gasteiger partial charge in [0.2, 0.25) is 11.8 Å². The van der Waals surface area contributed by atoms with Gasteiger partial charge in [0.05, 0.1) is 17.7 Å². The summed E-state index contributed by atoms with van der Waals surface area (Å²) in [7, 11) is 1.56. The van der Waals surface area contributed by atoms with Gasteiger partial charge in [-0.05, 0) is 39.0 Å². The first-order chi connectivity index (χ1) is 17.2. The van der Waals surface area contributed by atoms with E-state index >= 15 is 0 Å². The summed E-state index contributed by atoms with van der Waals surface area (Å²) in [5.41, 5.74) is 7.68. The van der Waals surface area contributed by atoms with E-state index in [2.05, 4.69) is 38.6 Å². The smallest absolute Gasteiger partial charge is 0.228 e. The molecule has 192 valence electrons. The van der Waals surface area contributed by atoms with Gasteiger partial charge in [-0.25, -0.2) is 14.4 Å². The average molecular weight is 535 g/mol. The van der Waals surface area contributed by atoms with Gasteiger partial charge in [-0.15, -0.1) is 0 Å². The van der Waals surface area contributed by atoms with Crippen molar-refractivity contribution in [2.45, 2.75) is 32.9 Å². The molecule has 2 N–H and O–H groups in total. The molecule has 1 aliphatic heterocycles. The molecule has 0 radical (unpaired) electrons. The highest BCUT2D eigenvalue weighted by molar-refractivity contribution is 6.36. The van der Waals surface area contributed by atoms with E-state index in [4.69, 9.17) is 38.4 Å². The van der Waals surface area contributed by atoms with E-state index in [-0.39, 0.29) is 21.6 Å². The van der Waals surface area contributed by atoms with E-state index in [1.165, 1.54) is 12.1 Å². The lowest BCUT2D eigenvalue weighted by molar-refractivity contribution is 0.208. The SMILES string of the molecule is COc1nc(N2CCN(C(C)C)CC2)ncc1-c1cnc(N)c(OC(C)c2c(Cl)ccc(F)c2Cl)c1. The van der Waals surface area contributed by atoms with Crippen molar-refractivity contribution in [3.8, 4) is 22.8 Å². The summed E-state index contributed by atoms with van der Waals surface area (Å²) in [6, 6.07) is 4.86. The molecule has 1 saturated heterocycles. The van der Waals surface area contributed by atoms with Crippen molar-refractivity contribution in [1.82, 2.24) is 19.9 Å². The van der Waals surface area contributed by atoms with Crippen LogP contribution in [0, 0.1) is 5.82 Å². The number of anilines is 2. The summed E-state index contributed by atoms with van der Waals surface area (Å²) in [5, 5.41) is 0.189. The molecule has 0 aliphatic carbocycles. The number of ether oxygens (including phenoxy) is 2. The molecule has 11 heteroatoms. The van der Waals surface area contributed by atoms with E-state index < -0.39 is 11.9 Å². The maximum absolute atomic E-state index is 14.0. The van der Waals surface area contributed by atoms with Crippen molar-refractivity contribution in [3.05, 3.63) is 52.0 Å². The number of nitrogens with zero attached hydrogens (tertiary/aromatic N) is 5. The van der Waals surface area contributed by atoms with Crippen LogP contribution in [0.5, 0.6) is 11.6 Å². The highest BCUT2D eigenvalue weighted by atomic mass is 35.5. The number of aromatic nitrogens is 3. The van der Waals surface area contributed by atoms with E-state index in [0.29, 0.717) is 34.6 Å². The van der Waals surface area contributed by atoms with Gasteiger partial charge in [0.15, 0.2) is 11.6 Å². The Morgan fingerprint density at radius 1 is 1.06 bits per heavy atom. The molecule has 2 aromatic heterocycles. The Balaban J connectivity index is 1.59. The Labute approximate surface area is 220 Å². The molecular weight excluding hydrogens is 506 g/mol. The number of piperazine rings is 1. The number of pyridine rings is 1. The van der Waals surface area contributed by atoms with Crippen molar-refractivity contribution in [1.29, 1.82) is 0 Å². The van der Waals surface area contributed by atoms with Crippen LogP contribution in [0.1, 0.15) is 32.4 Å².